The summed E-state index contributed by atoms with van der Waals surface area (Å²) < 4.78 is 0. The highest BCUT2D eigenvalue weighted by Gasteiger charge is 2.41. The van der Waals surface area contributed by atoms with Crippen LogP contribution in [-0.4, -0.2) is 0 Å². The molecule has 0 bridgehead atoms. The minimum atomic E-state index is 0.755. The van der Waals surface area contributed by atoms with Crippen LogP contribution in [0, 0.1) is 17.8 Å². The number of hydrogen-bond acceptors (Lipinski definition) is 0. The van der Waals surface area contributed by atoms with Crippen molar-refractivity contribution in [1.29, 1.82) is 0 Å². The van der Waals surface area contributed by atoms with Gasteiger partial charge in [0.05, 0.1) is 0 Å². The van der Waals surface area contributed by atoms with Crippen LogP contribution in [0.15, 0.2) is 48.6 Å². The molecular weight excluding hydrogens is 240 g/mol. The minimum Gasteiger partial charge on any atom is -0.0808 e. The van der Waals surface area contributed by atoms with E-state index in [1.807, 2.05) is 0 Å². The third-order valence-corrected chi connectivity index (χ3v) is 5.28. The summed E-state index contributed by atoms with van der Waals surface area (Å²) in [5.74, 6) is 3.11. The molecule has 0 saturated heterocycles. The summed E-state index contributed by atoms with van der Waals surface area (Å²) in [6.45, 7) is 4.66. The third kappa shape index (κ3) is 2.37. The molecule has 0 aromatic heterocycles. The number of hydrogen-bond donors (Lipinski definition) is 0. The fourth-order valence-electron chi connectivity index (χ4n) is 4.41. The Morgan fingerprint density at radius 1 is 1.05 bits per heavy atom. The van der Waals surface area contributed by atoms with Crippen molar-refractivity contribution >= 4 is 0 Å². The standard InChI is InChI=1S/C20H26/c1-3-9-15-10-5-7-12-18(15)20-14-16-11-6-8-13-19(16)17(20)4-2/h5-8,10-13,16-17,19-20H,3-4,9,14H2,1-2H3. The van der Waals surface area contributed by atoms with Gasteiger partial charge >= 0.3 is 0 Å². The topological polar surface area (TPSA) is 0 Å². The van der Waals surface area contributed by atoms with E-state index in [1.165, 1.54) is 25.7 Å². The van der Waals surface area contributed by atoms with Crippen molar-refractivity contribution < 1.29 is 0 Å². The third-order valence-electron chi connectivity index (χ3n) is 5.28. The van der Waals surface area contributed by atoms with Crippen molar-refractivity contribution in [3.63, 3.8) is 0 Å². The number of rotatable bonds is 4. The second kappa shape index (κ2) is 5.99. The van der Waals surface area contributed by atoms with Crippen LogP contribution < -0.4 is 0 Å². The van der Waals surface area contributed by atoms with Crippen LogP contribution in [0.5, 0.6) is 0 Å². The summed E-state index contributed by atoms with van der Waals surface area (Å²) in [5, 5.41) is 0. The molecule has 2 aliphatic rings. The van der Waals surface area contributed by atoms with Crippen molar-refractivity contribution in [2.24, 2.45) is 17.8 Å². The zero-order valence-corrected chi connectivity index (χ0v) is 12.8. The molecule has 1 aromatic carbocycles. The molecule has 2 aliphatic carbocycles. The van der Waals surface area contributed by atoms with E-state index in [0.29, 0.717) is 0 Å². The zero-order valence-electron chi connectivity index (χ0n) is 12.8. The summed E-state index contributed by atoms with van der Waals surface area (Å²) in [6.07, 6.45) is 14.5. The van der Waals surface area contributed by atoms with Gasteiger partial charge in [-0.3, -0.25) is 0 Å². The van der Waals surface area contributed by atoms with Crippen LogP contribution in [0.1, 0.15) is 50.2 Å². The molecule has 4 unspecified atom stereocenters. The molecule has 0 heterocycles. The molecule has 1 aromatic rings. The lowest BCUT2D eigenvalue weighted by atomic mass is 9.79. The maximum absolute atomic E-state index is 2.46. The van der Waals surface area contributed by atoms with Gasteiger partial charge in [-0.05, 0) is 47.6 Å². The van der Waals surface area contributed by atoms with Gasteiger partial charge in [0.25, 0.3) is 0 Å². The van der Waals surface area contributed by atoms with Gasteiger partial charge in [0, 0.05) is 0 Å². The van der Waals surface area contributed by atoms with Gasteiger partial charge in [0.2, 0.25) is 0 Å². The summed E-state index contributed by atoms with van der Waals surface area (Å²) in [7, 11) is 0. The van der Waals surface area contributed by atoms with Gasteiger partial charge in [-0.15, -0.1) is 0 Å². The Morgan fingerprint density at radius 2 is 1.85 bits per heavy atom. The smallest absolute Gasteiger partial charge is 0.0119 e. The molecule has 0 heteroatoms. The van der Waals surface area contributed by atoms with Crippen molar-refractivity contribution in [3.05, 3.63) is 59.7 Å². The second-order valence-electron chi connectivity index (χ2n) is 6.37. The predicted octanol–water partition coefficient (Wildman–Crippen LogP) is 5.51. The van der Waals surface area contributed by atoms with E-state index < -0.39 is 0 Å². The molecule has 20 heavy (non-hydrogen) atoms. The van der Waals surface area contributed by atoms with Crippen molar-refractivity contribution in [2.75, 3.05) is 0 Å². The molecular formula is C20H26. The van der Waals surface area contributed by atoms with E-state index >= 15 is 0 Å². The van der Waals surface area contributed by atoms with Crippen LogP contribution in [0.25, 0.3) is 0 Å². The van der Waals surface area contributed by atoms with Crippen LogP contribution in [0.3, 0.4) is 0 Å². The van der Waals surface area contributed by atoms with E-state index in [1.54, 1.807) is 11.1 Å². The van der Waals surface area contributed by atoms with Crippen LogP contribution >= 0.6 is 0 Å². The molecule has 0 aliphatic heterocycles. The Hall–Kier alpha value is -1.30. The minimum absolute atomic E-state index is 0.755. The van der Waals surface area contributed by atoms with Gasteiger partial charge in [-0.1, -0.05) is 75.3 Å². The van der Waals surface area contributed by atoms with E-state index in [4.69, 9.17) is 0 Å². The Morgan fingerprint density at radius 3 is 2.65 bits per heavy atom. The average Bonchev–Trinajstić information content (AvgIpc) is 2.86. The molecule has 3 rings (SSSR count). The summed E-state index contributed by atoms with van der Waals surface area (Å²) >= 11 is 0. The lowest BCUT2D eigenvalue weighted by Gasteiger charge is -2.25. The van der Waals surface area contributed by atoms with E-state index in [0.717, 1.165) is 23.7 Å². The Kier molecular flexibility index (Phi) is 4.10. The number of benzene rings is 1. The monoisotopic (exact) mass is 266 g/mol. The normalized spacial score (nSPS) is 31.5. The van der Waals surface area contributed by atoms with Crippen molar-refractivity contribution in [1.82, 2.24) is 0 Å². The SMILES string of the molecule is CCCc1ccccc1C1CC2C=CC=CC2C1CC. The Labute approximate surface area is 123 Å². The highest BCUT2D eigenvalue weighted by Crippen LogP contribution is 2.51. The zero-order chi connectivity index (χ0) is 13.9. The first kappa shape index (κ1) is 13.7. The molecule has 1 fully saturated rings. The maximum atomic E-state index is 2.46. The lowest BCUT2D eigenvalue weighted by molar-refractivity contribution is 0.383. The van der Waals surface area contributed by atoms with Crippen LogP contribution in [0.2, 0.25) is 0 Å². The van der Waals surface area contributed by atoms with Crippen LogP contribution in [0.4, 0.5) is 0 Å². The van der Waals surface area contributed by atoms with Crippen molar-refractivity contribution in [3.8, 4) is 0 Å². The first-order valence-electron chi connectivity index (χ1n) is 8.28. The number of aryl methyl sites for hydroxylation is 1. The van der Waals surface area contributed by atoms with E-state index in [-0.39, 0.29) is 0 Å². The second-order valence-corrected chi connectivity index (χ2v) is 6.37. The summed E-state index contributed by atoms with van der Waals surface area (Å²) in [4.78, 5) is 0. The van der Waals surface area contributed by atoms with Gasteiger partial charge in [0.1, 0.15) is 0 Å². The van der Waals surface area contributed by atoms with Gasteiger partial charge in [-0.25, -0.2) is 0 Å². The number of fused-ring (bicyclic) bond motifs is 1. The molecule has 0 amide bonds. The highest BCUT2D eigenvalue weighted by atomic mass is 14.4. The van der Waals surface area contributed by atoms with Gasteiger partial charge in [-0.2, -0.15) is 0 Å². The van der Waals surface area contributed by atoms with E-state index in [9.17, 15) is 0 Å². The molecule has 0 spiro atoms. The van der Waals surface area contributed by atoms with E-state index in [2.05, 4.69) is 62.4 Å². The molecule has 4 atom stereocenters. The Balaban J connectivity index is 1.93. The molecule has 1 saturated carbocycles. The number of allylic oxidation sites excluding steroid dienone is 4. The molecule has 0 nitrogen and oxygen atoms in total. The van der Waals surface area contributed by atoms with Crippen molar-refractivity contribution in [2.45, 2.75) is 45.4 Å². The Bertz CT molecular complexity index is 509. The predicted molar refractivity (Wildman–Crippen MR) is 86.8 cm³/mol. The average molecular weight is 266 g/mol. The summed E-state index contributed by atoms with van der Waals surface area (Å²) in [5.41, 5.74) is 3.22. The quantitative estimate of drug-likeness (QED) is 0.674. The fourth-order valence-corrected chi connectivity index (χ4v) is 4.41. The summed E-state index contributed by atoms with van der Waals surface area (Å²) in [6, 6.07) is 9.18. The lowest BCUT2D eigenvalue weighted by Crippen LogP contribution is -2.15. The largest absolute Gasteiger partial charge is 0.0808 e. The highest BCUT2D eigenvalue weighted by molar-refractivity contribution is 5.34. The molecule has 0 N–H and O–H groups in total. The fraction of sp³-hybridized carbons (Fsp3) is 0.500. The molecule has 0 radical (unpaired) electrons. The maximum Gasteiger partial charge on any atom is -0.0119 e. The first-order valence-corrected chi connectivity index (χ1v) is 8.28. The van der Waals surface area contributed by atoms with Crippen LogP contribution in [-0.2, 0) is 6.42 Å². The van der Waals surface area contributed by atoms with Gasteiger partial charge in [0.15, 0.2) is 0 Å². The van der Waals surface area contributed by atoms with Gasteiger partial charge < -0.3 is 0 Å². The molecule has 106 valence electrons. The first-order chi connectivity index (χ1) is 9.85.